The number of hydrogen-bond acceptors (Lipinski definition) is 3. The van der Waals surface area contributed by atoms with Crippen LogP contribution in [0.25, 0.3) is 0 Å². The van der Waals surface area contributed by atoms with Crippen LogP contribution in [0.4, 0.5) is 0 Å². The maximum absolute atomic E-state index is 10.9. The van der Waals surface area contributed by atoms with Crippen LogP contribution in [0.15, 0.2) is 0 Å². The summed E-state index contributed by atoms with van der Waals surface area (Å²) in [6, 6.07) is 0. The number of esters is 1. The highest BCUT2D eigenvalue weighted by atomic mass is 16.5. The molecule has 0 aromatic rings. The largest absolute Gasteiger partial charge is 0.456 e. The molecule has 0 aromatic carbocycles. The van der Waals surface area contributed by atoms with E-state index in [1.54, 1.807) is 6.92 Å². The van der Waals surface area contributed by atoms with Gasteiger partial charge in [-0.15, -0.1) is 0 Å². The zero-order chi connectivity index (χ0) is 9.26. The van der Waals surface area contributed by atoms with Gasteiger partial charge in [0.15, 0.2) is 0 Å². The van der Waals surface area contributed by atoms with E-state index in [4.69, 9.17) is 4.74 Å². The molecule has 2 rings (SSSR count). The minimum Gasteiger partial charge on any atom is -0.456 e. The molecule has 1 saturated heterocycles. The normalized spacial score (nSPS) is 34.4. The first-order chi connectivity index (χ1) is 6.33. The highest BCUT2D eigenvalue weighted by Crippen LogP contribution is 2.47. The van der Waals surface area contributed by atoms with Gasteiger partial charge >= 0.3 is 5.97 Å². The molecule has 0 amide bonds. The van der Waals surface area contributed by atoms with Crippen molar-refractivity contribution in [1.29, 1.82) is 0 Å². The van der Waals surface area contributed by atoms with Crippen molar-refractivity contribution < 1.29 is 9.53 Å². The molecule has 13 heavy (non-hydrogen) atoms. The van der Waals surface area contributed by atoms with Gasteiger partial charge in [0.05, 0.1) is 6.61 Å². The third kappa shape index (κ3) is 1.68. The molecule has 1 heterocycles. The van der Waals surface area contributed by atoms with Crippen molar-refractivity contribution in [3.63, 3.8) is 0 Å². The Kier molecular flexibility index (Phi) is 2.24. The van der Waals surface area contributed by atoms with Gasteiger partial charge in [0.25, 0.3) is 0 Å². The van der Waals surface area contributed by atoms with Crippen LogP contribution >= 0.6 is 0 Å². The van der Waals surface area contributed by atoms with Crippen LogP contribution < -0.4 is 5.32 Å². The molecule has 0 bridgehead atoms. The van der Waals surface area contributed by atoms with E-state index in [2.05, 4.69) is 17.2 Å². The van der Waals surface area contributed by atoms with Crippen LogP contribution in [0.2, 0.25) is 0 Å². The molecule has 70 valence electrons. The van der Waals surface area contributed by atoms with E-state index in [9.17, 15) is 4.79 Å². The van der Waals surface area contributed by atoms with E-state index in [1.807, 2.05) is 0 Å². The lowest BCUT2D eigenvalue weighted by Gasteiger charge is -1.95. The molecule has 2 aliphatic rings. The molecule has 2 fully saturated rings. The van der Waals surface area contributed by atoms with Crippen molar-refractivity contribution >= 4 is 5.97 Å². The number of fused-ring (bicyclic) bond motifs is 1. The lowest BCUT2D eigenvalue weighted by Crippen LogP contribution is -2.14. The molecule has 3 heteroatoms. The monoisotopic (exact) mass is 179 g/mol. The first-order valence-corrected chi connectivity index (χ1v) is 4.72. The molecular weight excluding hydrogens is 166 g/mol. The minimum atomic E-state index is -0.388. The molecule has 3 atom stereocenters. The topological polar surface area (TPSA) is 38.3 Å². The second-order valence-electron chi connectivity index (χ2n) is 3.50. The fourth-order valence-corrected chi connectivity index (χ4v) is 1.94. The Bertz CT molecular complexity index is 266. The highest BCUT2D eigenvalue weighted by molar-refractivity contribution is 5.88. The van der Waals surface area contributed by atoms with E-state index < -0.39 is 0 Å². The first kappa shape index (κ1) is 8.58. The van der Waals surface area contributed by atoms with Gasteiger partial charge in [-0.2, -0.15) is 0 Å². The molecule has 1 unspecified atom stereocenters. The van der Waals surface area contributed by atoms with Crippen LogP contribution in [0, 0.1) is 29.6 Å². The number of nitrogens with one attached hydrogen (secondary N) is 1. The van der Waals surface area contributed by atoms with Gasteiger partial charge in [0, 0.05) is 11.8 Å². The number of rotatable bonds is 1. The van der Waals surface area contributed by atoms with Crippen LogP contribution in [-0.2, 0) is 9.53 Å². The van der Waals surface area contributed by atoms with E-state index in [-0.39, 0.29) is 5.97 Å². The third-order valence-electron chi connectivity index (χ3n) is 2.71. The van der Waals surface area contributed by atoms with Crippen LogP contribution in [0.1, 0.15) is 6.92 Å². The van der Waals surface area contributed by atoms with Crippen molar-refractivity contribution in [3.8, 4) is 11.8 Å². The Morgan fingerprint density at radius 1 is 1.54 bits per heavy atom. The summed E-state index contributed by atoms with van der Waals surface area (Å²) in [5.41, 5.74) is 0. The quantitative estimate of drug-likeness (QED) is 0.350. The van der Waals surface area contributed by atoms with Gasteiger partial charge in [-0.1, -0.05) is 5.92 Å². The second-order valence-corrected chi connectivity index (χ2v) is 3.50. The summed E-state index contributed by atoms with van der Waals surface area (Å²) in [7, 11) is 0. The van der Waals surface area contributed by atoms with Crippen LogP contribution in [0.5, 0.6) is 0 Å². The molecule has 0 radical (unpaired) electrons. The van der Waals surface area contributed by atoms with Crippen LogP contribution in [-0.4, -0.2) is 25.7 Å². The SMILES string of the molecule is CCOC(=O)C#CC1[C@H]2CNC[C@@H]12. The zero-order valence-electron chi connectivity index (χ0n) is 7.67. The summed E-state index contributed by atoms with van der Waals surface area (Å²) >= 11 is 0. The summed E-state index contributed by atoms with van der Waals surface area (Å²) in [6.45, 7) is 4.32. The molecule has 0 spiro atoms. The summed E-state index contributed by atoms with van der Waals surface area (Å²) in [6.07, 6.45) is 0. The second kappa shape index (κ2) is 3.39. The van der Waals surface area contributed by atoms with Gasteiger partial charge in [0.2, 0.25) is 0 Å². The summed E-state index contributed by atoms with van der Waals surface area (Å²) in [5.74, 6) is 6.97. The zero-order valence-corrected chi connectivity index (χ0v) is 7.67. The Labute approximate surface area is 77.8 Å². The number of hydrogen-bond donors (Lipinski definition) is 1. The number of piperidine rings is 1. The third-order valence-corrected chi connectivity index (χ3v) is 2.71. The van der Waals surface area contributed by atoms with Gasteiger partial charge in [-0.25, -0.2) is 4.79 Å². The van der Waals surface area contributed by atoms with Crippen molar-refractivity contribution in [2.45, 2.75) is 6.92 Å². The van der Waals surface area contributed by atoms with E-state index in [1.165, 1.54) is 0 Å². The number of carbonyl (C=O) groups excluding carboxylic acids is 1. The number of ether oxygens (including phenoxy) is 1. The Morgan fingerprint density at radius 2 is 2.23 bits per heavy atom. The lowest BCUT2D eigenvalue weighted by molar-refractivity contribution is -0.136. The predicted octanol–water partition coefficient (Wildman–Crippen LogP) is 0.0183. The Hall–Kier alpha value is -1.01. The van der Waals surface area contributed by atoms with E-state index in [0.717, 1.165) is 13.1 Å². The van der Waals surface area contributed by atoms with Gasteiger partial charge in [-0.05, 0) is 31.8 Å². The maximum Gasteiger partial charge on any atom is 0.384 e. The first-order valence-electron chi connectivity index (χ1n) is 4.72. The van der Waals surface area contributed by atoms with Crippen molar-refractivity contribution in [3.05, 3.63) is 0 Å². The van der Waals surface area contributed by atoms with Crippen molar-refractivity contribution in [2.75, 3.05) is 19.7 Å². The fourth-order valence-electron chi connectivity index (χ4n) is 1.94. The molecule has 1 aliphatic carbocycles. The Balaban J connectivity index is 1.82. The molecular formula is C10H13NO2. The van der Waals surface area contributed by atoms with Gasteiger partial charge in [0.1, 0.15) is 0 Å². The molecule has 1 saturated carbocycles. The molecule has 0 aromatic heterocycles. The molecule has 1 aliphatic heterocycles. The maximum atomic E-state index is 10.9. The van der Waals surface area contributed by atoms with Crippen LogP contribution in [0.3, 0.4) is 0 Å². The summed E-state index contributed by atoms with van der Waals surface area (Å²) < 4.78 is 4.71. The highest BCUT2D eigenvalue weighted by Gasteiger charge is 2.51. The fraction of sp³-hybridized carbons (Fsp3) is 0.700. The van der Waals surface area contributed by atoms with Gasteiger partial charge in [-0.3, -0.25) is 0 Å². The van der Waals surface area contributed by atoms with Crippen molar-refractivity contribution in [2.24, 2.45) is 17.8 Å². The van der Waals surface area contributed by atoms with E-state index >= 15 is 0 Å². The van der Waals surface area contributed by atoms with Crippen molar-refractivity contribution in [1.82, 2.24) is 5.32 Å². The van der Waals surface area contributed by atoms with Gasteiger partial charge < -0.3 is 10.1 Å². The number of carbonyl (C=O) groups is 1. The Morgan fingerprint density at radius 3 is 2.85 bits per heavy atom. The minimum absolute atomic E-state index is 0.388. The average molecular weight is 179 g/mol. The van der Waals surface area contributed by atoms with E-state index in [0.29, 0.717) is 24.4 Å². The smallest absolute Gasteiger partial charge is 0.384 e. The average Bonchev–Trinajstić information content (AvgIpc) is 2.58. The summed E-state index contributed by atoms with van der Waals surface area (Å²) in [5, 5.41) is 3.28. The molecule has 1 N–H and O–H groups in total. The summed E-state index contributed by atoms with van der Waals surface area (Å²) in [4.78, 5) is 10.9. The predicted molar refractivity (Wildman–Crippen MR) is 47.7 cm³/mol. The molecule has 3 nitrogen and oxygen atoms in total. The lowest BCUT2D eigenvalue weighted by atomic mass is 10.3. The standard InChI is InChI=1S/C10H13NO2/c1-2-13-10(12)4-3-7-8-5-11-6-9(7)8/h7-9,11H,2,5-6H2,1H3/t7?,8-,9+.